The van der Waals surface area contributed by atoms with Gasteiger partial charge in [0.2, 0.25) is 0 Å². The topological polar surface area (TPSA) is 76.6 Å². The number of furan rings is 1. The predicted octanol–water partition coefficient (Wildman–Crippen LogP) is 6.11. The summed E-state index contributed by atoms with van der Waals surface area (Å²) >= 11 is 13.5. The van der Waals surface area contributed by atoms with Crippen LogP contribution in [0.1, 0.15) is 16.9 Å². The molecular weight excluding hydrogens is 497 g/mol. The van der Waals surface area contributed by atoms with Gasteiger partial charge >= 0.3 is 0 Å². The molecule has 0 unspecified atom stereocenters. The van der Waals surface area contributed by atoms with E-state index in [-0.39, 0.29) is 12.5 Å². The summed E-state index contributed by atoms with van der Waals surface area (Å²) in [6.07, 6.45) is 4.82. The summed E-state index contributed by atoms with van der Waals surface area (Å²) in [5.41, 5.74) is 1.40. The summed E-state index contributed by atoms with van der Waals surface area (Å²) in [6, 6.07) is 14.2. The SMILES string of the molecule is COc1ccc(/C=C2\S/C(=N/N=C\c3cccc(Cl)c3Cl)N(Cc3ccco3)C2=O)cc1OC. The van der Waals surface area contributed by atoms with Gasteiger partial charge in [0, 0.05) is 5.56 Å². The van der Waals surface area contributed by atoms with E-state index in [1.54, 1.807) is 69.0 Å². The Morgan fingerprint density at radius 2 is 1.91 bits per heavy atom. The number of halogens is 2. The molecule has 0 N–H and O–H groups in total. The van der Waals surface area contributed by atoms with Gasteiger partial charge in [-0.25, -0.2) is 0 Å². The fourth-order valence-corrected chi connectivity index (χ4v) is 4.43. The largest absolute Gasteiger partial charge is 0.493 e. The monoisotopic (exact) mass is 515 g/mol. The van der Waals surface area contributed by atoms with Gasteiger partial charge in [-0.2, -0.15) is 5.10 Å². The summed E-state index contributed by atoms with van der Waals surface area (Å²) in [6.45, 7) is 0.217. The average Bonchev–Trinajstić information content (AvgIpc) is 3.46. The molecule has 1 aliphatic rings. The molecule has 174 valence electrons. The van der Waals surface area contributed by atoms with Crippen molar-refractivity contribution in [3.8, 4) is 11.5 Å². The van der Waals surface area contributed by atoms with Crippen molar-refractivity contribution in [1.82, 2.24) is 4.90 Å². The number of hydrogen-bond donors (Lipinski definition) is 0. The Bertz CT molecular complexity index is 1290. The van der Waals surface area contributed by atoms with Crippen LogP contribution in [0.2, 0.25) is 10.0 Å². The predicted molar refractivity (Wildman–Crippen MR) is 136 cm³/mol. The molecule has 1 amide bonds. The third kappa shape index (κ3) is 5.30. The second kappa shape index (κ2) is 10.8. The minimum absolute atomic E-state index is 0.217. The van der Waals surface area contributed by atoms with Gasteiger partial charge in [-0.3, -0.25) is 9.69 Å². The number of rotatable bonds is 7. The molecule has 0 saturated carbocycles. The zero-order valence-corrected chi connectivity index (χ0v) is 20.5. The minimum atomic E-state index is -0.217. The molecule has 0 aliphatic carbocycles. The number of amides is 1. The van der Waals surface area contributed by atoms with Crippen molar-refractivity contribution < 1.29 is 18.7 Å². The summed E-state index contributed by atoms with van der Waals surface area (Å²) in [7, 11) is 3.13. The molecule has 1 fully saturated rings. The molecule has 10 heteroatoms. The first-order chi connectivity index (χ1) is 16.5. The average molecular weight is 516 g/mol. The molecular formula is C24H19Cl2N3O4S. The van der Waals surface area contributed by atoms with E-state index in [2.05, 4.69) is 10.2 Å². The van der Waals surface area contributed by atoms with E-state index in [0.717, 1.165) is 5.56 Å². The van der Waals surface area contributed by atoms with Crippen molar-refractivity contribution in [3.05, 3.63) is 86.6 Å². The molecule has 34 heavy (non-hydrogen) atoms. The molecule has 2 aromatic carbocycles. The smallest absolute Gasteiger partial charge is 0.267 e. The Morgan fingerprint density at radius 3 is 2.65 bits per heavy atom. The van der Waals surface area contributed by atoms with Gasteiger partial charge in [-0.1, -0.05) is 41.4 Å². The first-order valence-corrected chi connectivity index (χ1v) is 11.6. The Hall–Kier alpha value is -3.20. The highest BCUT2D eigenvalue weighted by Crippen LogP contribution is 2.35. The zero-order valence-electron chi connectivity index (χ0n) is 18.2. The van der Waals surface area contributed by atoms with Crippen LogP contribution in [0.25, 0.3) is 6.08 Å². The Kier molecular flexibility index (Phi) is 7.62. The van der Waals surface area contributed by atoms with Crippen LogP contribution in [0.15, 0.2) is 74.3 Å². The third-order valence-electron chi connectivity index (χ3n) is 4.81. The lowest BCUT2D eigenvalue weighted by Gasteiger charge is -2.12. The van der Waals surface area contributed by atoms with Crippen LogP contribution >= 0.6 is 35.0 Å². The van der Waals surface area contributed by atoms with Crippen molar-refractivity contribution in [2.75, 3.05) is 14.2 Å². The molecule has 1 aromatic heterocycles. The molecule has 0 bridgehead atoms. The quantitative estimate of drug-likeness (QED) is 0.215. The number of methoxy groups -OCH3 is 2. The molecule has 3 aromatic rings. The Balaban J connectivity index is 1.65. The van der Waals surface area contributed by atoms with Crippen molar-refractivity contribution in [2.45, 2.75) is 6.54 Å². The lowest BCUT2D eigenvalue weighted by molar-refractivity contribution is -0.122. The van der Waals surface area contributed by atoms with E-state index >= 15 is 0 Å². The maximum atomic E-state index is 13.2. The second-order valence-electron chi connectivity index (χ2n) is 6.97. The molecule has 0 atom stereocenters. The summed E-state index contributed by atoms with van der Waals surface area (Å²) < 4.78 is 16.1. The second-order valence-corrected chi connectivity index (χ2v) is 8.76. The van der Waals surface area contributed by atoms with Crippen LogP contribution < -0.4 is 9.47 Å². The van der Waals surface area contributed by atoms with E-state index in [9.17, 15) is 4.79 Å². The van der Waals surface area contributed by atoms with E-state index in [0.29, 0.717) is 42.9 Å². The maximum absolute atomic E-state index is 13.2. The molecule has 4 rings (SSSR count). The lowest BCUT2D eigenvalue weighted by atomic mass is 10.2. The lowest BCUT2D eigenvalue weighted by Crippen LogP contribution is -2.28. The van der Waals surface area contributed by atoms with Gasteiger partial charge in [0.1, 0.15) is 5.76 Å². The van der Waals surface area contributed by atoms with Gasteiger partial charge in [0.05, 0.1) is 48.2 Å². The van der Waals surface area contributed by atoms with Gasteiger partial charge in [0.25, 0.3) is 5.91 Å². The number of nitrogens with zero attached hydrogens (tertiary/aromatic N) is 3. The van der Waals surface area contributed by atoms with Gasteiger partial charge in [-0.05, 0) is 53.7 Å². The first kappa shape index (κ1) is 23.9. The van der Waals surface area contributed by atoms with Crippen molar-refractivity contribution >= 4 is 58.3 Å². The normalized spacial score (nSPS) is 16.2. The maximum Gasteiger partial charge on any atom is 0.267 e. The highest BCUT2D eigenvalue weighted by Gasteiger charge is 2.34. The standard InChI is InChI=1S/C24H19Cl2N3O4S/c1-31-19-9-8-15(11-20(19)32-2)12-21-23(30)29(14-17-6-4-10-33-17)24(34-21)28-27-13-16-5-3-7-18(25)22(16)26/h3-13H,14H2,1-2H3/b21-12-,27-13-,28-24+. The number of ether oxygens (including phenoxy) is 2. The van der Waals surface area contributed by atoms with E-state index in [4.69, 9.17) is 37.1 Å². The van der Waals surface area contributed by atoms with Crippen LogP contribution in [0.5, 0.6) is 11.5 Å². The van der Waals surface area contributed by atoms with Gasteiger partial charge in [0.15, 0.2) is 16.7 Å². The molecule has 1 saturated heterocycles. The van der Waals surface area contributed by atoms with Crippen LogP contribution in [-0.2, 0) is 11.3 Å². The summed E-state index contributed by atoms with van der Waals surface area (Å²) in [4.78, 5) is 15.2. The summed E-state index contributed by atoms with van der Waals surface area (Å²) in [5.74, 6) is 1.57. The minimum Gasteiger partial charge on any atom is -0.493 e. The number of benzene rings is 2. The van der Waals surface area contributed by atoms with Crippen LogP contribution in [0.4, 0.5) is 0 Å². The van der Waals surface area contributed by atoms with Crippen molar-refractivity contribution in [3.63, 3.8) is 0 Å². The fourth-order valence-electron chi connectivity index (χ4n) is 3.14. The van der Waals surface area contributed by atoms with E-state index in [1.807, 2.05) is 6.07 Å². The summed E-state index contributed by atoms with van der Waals surface area (Å²) in [5, 5.41) is 9.63. The molecule has 2 heterocycles. The molecule has 7 nitrogen and oxygen atoms in total. The molecule has 1 aliphatic heterocycles. The number of thioether (sulfide) groups is 1. The highest BCUT2D eigenvalue weighted by atomic mass is 35.5. The molecule has 0 radical (unpaired) electrons. The third-order valence-corrected chi connectivity index (χ3v) is 6.64. The highest BCUT2D eigenvalue weighted by molar-refractivity contribution is 8.18. The van der Waals surface area contributed by atoms with E-state index in [1.165, 1.54) is 22.9 Å². The molecule has 0 spiro atoms. The number of hydrogen-bond acceptors (Lipinski definition) is 7. The fraction of sp³-hybridized carbons (Fsp3) is 0.125. The van der Waals surface area contributed by atoms with Crippen LogP contribution in [0, 0.1) is 0 Å². The van der Waals surface area contributed by atoms with Crippen LogP contribution in [-0.4, -0.2) is 36.4 Å². The number of amidine groups is 1. The van der Waals surface area contributed by atoms with E-state index < -0.39 is 0 Å². The zero-order chi connectivity index (χ0) is 24.1. The number of carbonyl (C=O) groups excluding carboxylic acids is 1. The number of carbonyl (C=O) groups is 1. The first-order valence-electron chi connectivity index (χ1n) is 10.0. The Labute approximate surface area is 210 Å². The van der Waals surface area contributed by atoms with Gasteiger partial charge in [-0.15, -0.1) is 5.10 Å². The van der Waals surface area contributed by atoms with Crippen LogP contribution in [0.3, 0.4) is 0 Å². The van der Waals surface area contributed by atoms with Crippen molar-refractivity contribution in [1.29, 1.82) is 0 Å². The Morgan fingerprint density at radius 1 is 1.09 bits per heavy atom. The van der Waals surface area contributed by atoms with Crippen molar-refractivity contribution in [2.24, 2.45) is 10.2 Å². The van der Waals surface area contributed by atoms with Gasteiger partial charge < -0.3 is 13.9 Å².